The van der Waals surface area contributed by atoms with Gasteiger partial charge in [-0.05, 0) is 36.3 Å². The SMILES string of the molecule is CC(C)CC(NC(=O)C(CC(N)=O)NC(=O)C(CCCN=C(N)N)NC(=O)OCc1ccccc1)C(=O)OCc1ccccc1. The maximum Gasteiger partial charge on any atom is 0.408 e. The van der Waals surface area contributed by atoms with Crippen LogP contribution in [0, 0.1) is 5.92 Å². The number of hydrogen-bond acceptors (Lipinski definition) is 8. The number of ether oxygens (including phenoxy) is 2. The van der Waals surface area contributed by atoms with Crippen LogP contribution in [0.4, 0.5) is 4.79 Å². The molecule has 0 spiro atoms. The quantitative estimate of drug-likeness (QED) is 0.0599. The van der Waals surface area contributed by atoms with Crippen LogP contribution in [0.15, 0.2) is 65.7 Å². The lowest BCUT2D eigenvalue weighted by molar-refractivity contribution is -0.150. The first-order chi connectivity index (χ1) is 21.4. The van der Waals surface area contributed by atoms with Gasteiger partial charge in [0, 0.05) is 6.54 Å². The summed E-state index contributed by atoms with van der Waals surface area (Å²) >= 11 is 0. The number of benzene rings is 2. The van der Waals surface area contributed by atoms with Crippen molar-refractivity contribution in [3.63, 3.8) is 0 Å². The molecule has 0 heterocycles. The van der Waals surface area contributed by atoms with Gasteiger partial charge in [0.25, 0.3) is 0 Å². The van der Waals surface area contributed by atoms with E-state index in [2.05, 4.69) is 20.9 Å². The summed E-state index contributed by atoms with van der Waals surface area (Å²) in [5.41, 5.74) is 17.6. The Hall–Kier alpha value is -5.14. The molecule has 0 saturated carbocycles. The Balaban J connectivity index is 2.13. The summed E-state index contributed by atoms with van der Waals surface area (Å²) in [6.07, 6.45) is -0.862. The summed E-state index contributed by atoms with van der Waals surface area (Å²) in [5.74, 6) is -3.31. The molecule has 2 aromatic rings. The zero-order valence-corrected chi connectivity index (χ0v) is 25.6. The third-order valence-electron chi connectivity index (χ3n) is 6.34. The number of nitrogens with one attached hydrogen (secondary N) is 3. The Bertz CT molecular complexity index is 1290. The van der Waals surface area contributed by atoms with Crippen LogP contribution in [-0.2, 0) is 41.9 Å². The number of alkyl carbamates (subject to hydrolysis) is 1. The summed E-state index contributed by atoms with van der Waals surface area (Å²) in [6, 6.07) is 14.3. The van der Waals surface area contributed by atoms with E-state index >= 15 is 0 Å². The van der Waals surface area contributed by atoms with Gasteiger partial charge in [0.05, 0.1) is 6.42 Å². The number of esters is 1. The average molecular weight is 626 g/mol. The molecule has 0 radical (unpaired) electrons. The molecule has 0 saturated heterocycles. The van der Waals surface area contributed by atoms with E-state index in [4.69, 9.17) is 26.7 Å². The number of nitrogens with two attached hydrogens (primary N) is 3. The second-order valence-corrected chi connectivity index (χ2v) is 10.7. The predicted molar refractivity (Wildman–Crippen MR) is 167 cm³/mol. The average Bonchev–Trinajstić information content (AvgIpc) is 3.00. The molecular weight excluding hydrogens is 582 g/mol. The van der Waals surface area contributed by atoms with Crippen molar-refractivity contribution in [2.75, 3.05) is 6.54 Å². The number of amides is 4. The molecule has 45 heavy (non-hydrogen) atoms. The number of carbonyl (C=O) groups excluding carboxylic acids is 5. The van der Waals surface area contributed by atoms with Gasteiger partial charge < -0.3 is 42.6 Å². The molecule has 244 valence electrons. The van der Waals surface area contributed by atoms with Crippen LogP contribution in [-0.4, -0.2) is 60.4 Å². The van der Waals surface area contributed by atoms with Crippen LogP contribution in [0.2, 0.25) is 0 Å². The van der Waals surface area contributed by atoms with E-state index in [0.29, 0.717) is 0 Å². The molecule has 0 bridgehead atoms. The molecule has 2 rings (SSSR count). The zero-order valence-electron chi connectivity index (χ0n) is 25.6. The summed E-state index contributed by atoms with van der Waals surface area (Å²) in [7, 11) is 0. The summed E-state index contributed by atoms with van der Waals surface area (Å²) in [6.45, 7) is 3.85. The van der Waals surface area contributed by atoms with Gasteiger partial charge in [-0.25, -0.2) is 9.59 Å². The first kappa shape index (κ1) is 36.1. The highest BCUT2D eigenvalue weighted by molar-refractivity contribution is 5.95. The minimum atomic E-state index is -1.45. The van der Waals surface area contributed by atoms with Gasteiger partial charge in [-0.1, -0.05) is 74.5 Å². The third-order valence-corrected chi connectivity index (χ3v) is 6.34. The number of primary amides is 1. The Morgan fingerprint density at radius 1 is 0.733 bits per heavy atom. The molecule has 9 N–H and O–H groups in total. The summed E-state index contributed by atoms with van der Waals surface area (Å²) in [5, 5.41) is 7.54. The minimum absolute atomic E-state index is 0.000831. The van der Waals surface area contributed by atoms with Crippen molar-refractivity contribution in [3.8, 4) is 0 Å². The van der Waals surface area contributed by atoms with Crippen LogP contribution in [0.3, 0.4) is 0 Å². The Kier molecular flexibility index (Phi) is 15.4. The van der Waals surface area contributed by atoms with Crippen LogP contribution in [0.1, 0.15) is 50.7 Å². The second-order valence-electron chi connectivity index (χ2n) is 10.7. The van der Waals surface area contributed by atoms with Crippen molar-refractivity contribution in [2.24, 2.45) is 28.1 Å². The highest BCUT2D eigenvalue weighted by atomic mass is 16.5. The van der Waals surface area contributed by atoms with Crippen molar-refractivity contribution in [2.45, 2.75) is 70.9 Å². The molecule has 3 unspecified atom stereocenters. The summed E-state index contributed by atoms with van der Waals surface area (Å²) < 4.78 is 10.7. The van der Waals surface area contributed by atoms with E-state index in [0.717, 1.165) is 11.1 Å². The van der Waals surface area contributed by atoms with Crippen LogP contribution in [0.5, 0.6) is 0 Å². The third kappa shape index (κ3) is 14.7. The first-order valence-corrected chi connectivity index (χ1v) is 14.6. The van der Waals surface area contributed by atoms with Gasteiger partial charge in [0.15, 0.2) is 5.96 Å². The molecule has 0 aliphatic rings. The normalized spacial score (nSPS) is 12.6. The second kappa shape index (κ2) is 19.2. The van der Waals surface area contributed by atoms with Gasteiger partial charge in [-0.15, -0.1) is 0 Å². The fraction of sp³-hybridized carbons (Fsp3) is 0.419. The highest BCUT2D eigenvalue weighted by Gasteiger charge is 2.31. The van der Waals surface area contributed by atoms with Crippen molar-refractivity contribution in [1.29, 1.82) is 0 Å². The van der Waals surface area contributed by atoms with Crippen molar-refractivity contribution in [3.05, 3.63) is 71.8 Å². The van der Waals surface area contributed by atoms with E-state index in [1.807, 2.05) is 26.0 Å². The number of nitrogens with zero attached hydrogens (tertiary/aromatic N) is 1. The maximum absolute atomic E-state index is 13.3. The highest BCUT2D eigenvalue weighted by Crippen LogP contribution is 2.10. The molecular formula is C31H43N7O7. The van der Waals surface area contributed by atoms with Crippen LogP contribution < -0.4 is 33.2 Å². The minimum Gasteiger partial charge on any atom is -0.459 e. The van der Waals surface area contributed by atoms with E-state index in [1.165, 1.54) is 0 Å². The zero-order chi connectivity index (χ0) is 33.2. The molecule has 4 amide bonds. The molecule has 0 aliphatic carbocycles. The molecule has 0 fully saturated rings. The predicted octanol–water partition coefficient (Wildman–Crippen LogP) is 0.970. The molecule has 0 aliphatic heterocycles. The van der Waals surface area contributed by atoms with Gasteiger partial charge >= 0.3 is 12.1 Å². The number of rotatable bonds is 18. The smallest absolute Gasteiger partial charge is 0.408 e. The Morgan fingerprint density at radius 2 is 1.27 bits per heavy atom. The fourth-order valence-electron chi connectivity index (χ4n) is 4.15. The topological polar surface area (TPSA) is 230 Å². The molecule has 0 aromatic heterocycles. The van der Waals surface area contributed by atoms with Crippen LogP contribution >= 0.6 is 0 Å². The van der Waals surface area contributed by atoms with E-state index in [-0.39, 0.29) is 50.9 Å². The summed E-state index contributed by atoms with van der Waals surface area (Å²) in [4.78, 5) is 67.9. The molecule has 14 nitrogen and oxygen atoms in total. The Labute approximate surface area is 262 Å². The van der Waals surface area contributed by atoms with Gasteiger partial charge in [-0.2, -0.15) is 0 Å². The largest absolute Gasteiger partial charge is 0.459 e. The van der Waals surface area contributed by atoms with Crippen molar-refractivity contribution < 1.29 is 33.4 Å². The van der Waals surface area contributed by atoms with E-state index in [9.17, 15) is 24.0 Å². The number of guanidine groups is 1. The monoisotopic (exact) mass is 625 g/mol. The molecule has 14 heteroatoms. The fourth-order valence-corrected chi connectivity index (χ4v) is 4.15. The lowest BCUT2D eigenvalue weighted by Gasteiger charge is -2.25. The number of aliphatic imine (C=N–C) groups is 1. The van der Waals surface area contributed by atoms with E-state index in [1.54, 1.807) is 48.5 Å². The molecule has 3 atom stereocenters. The van der Waals surface area contributed by atoms with Gasteiger partial charge in [0.1, 0.15) is 31.3 Å². The Morgan fingerprint density at radius 3 is 1.80 bits per heavy atom. The number of carbonyl (C=O) groups is 5. The van der Waals surface area contributed by atoms with E-state index < -0.39 is 54.3 Å². The van der Waals surface area contributed by atoms with Crippen LogP contribution in [0.25, 0.3) is 0 Å². The number of hydrogen-bond donors (Lipinski definition) is 6. The van der Waals surface area contributed by atoms with Gasteiger partial charge in [0.2, 0.25) is 17.7 Å². The lowest BCUT2D eigenvalue weighted by Crippen LogP contribution is -2.56. The lowest BCUT2D eigenvalue weighted by atomic mass is 10.0. The van der Waals surface area contributed by atoms with Crippen molar-refractivity contribution in [1.82, 2.24) is 16.0 Å². The first-order valence-electron chi connectivity index (χ1n) is 14.6. The van der Waals surface area contributed by atoms with Crippen molar-refractivity contribution >= 4 is 35.7 Å². The maximum atomic E-state index is 13.3. The molecule has 2 aromatic carbocycles. The standard InChI is InChI=1S/C31H43N7O7/c1-20(2)16-25(29(42)44-18-21-10-5-3-6-11-21)37-28(41)24(17-26(32)39)36-27(40)23(14-9-15-35-30(33)34)38-31(43)45-19-22-12-7-4-8-13-22/h3-8,10-13,20,23-25H,9,14-19H2,1-2H3,(H2,32,39)(H,36,40)(H,37,41)(H,38,43)(H4,33,34,35). The van der Waals surface area contributed by atoms with Gasteiger partial charge in [-0.3, -0.25) is 19.4 Å².